The van der Waals surface area contributed by atoms with Crippen LogP contribution in [0.1, 0.15) is 5.56 Å². The zero-order valence-electron chi connectivity index (χ0n) is 18.9. The first kappa shape index (κ1) is 23.3. The SMILES string of the molecule is Cc1ccc(NC(=O)CSc2nc3ccccc3c(=O)n2CC2COc3ccccc3O2)cc1Cl. The summed E-state index contributed by atoms with van der Waals surface area (Å²) in [6.45, 7) is 2.44. The summed E-state index contributed by atoms with van der Waals surface area (Å²) >= 11 is 7.36. The van der Waals surface area contributed by atoms with Crippen molar-refractivity contribution in [2.24, 2.45) is 0 Å². The van der Waals surface area contributed by atoms with E-state index >= 15 is 0 Å². The van der Waals surface area contributed by atoms with Gasteiger partial charge in [0.25, 0.3) is 5.56 Å². The molecule has 1 aliphatic rings. The minimum Gasteiger partial charge on any atom is -0.486 e. The predicted octanol–water partition coefficient (Wildman–Crippen LogP) is 4.93. The van der Waals surface area contributed by atoms with Gasteiger partial charge < -0.3 is 14.8 Å². The fraction of sp³-hybridized carbons (Fsp3) is 0.192. The molecule has 0 radical (unpaired) electrons. The van der Waals surface area contributed by atoms with E-state index in [0.717, 1.165) is 5.56 Å². The highest BCUT2D eigenvalue weighted by molar-refractivity contribution is 7.99. The fourth-order valence-electron chi connectivity index (χ4n) is 3.77. The standard InChI is InChI=1S/C26H22ClN3O4S/c1-16-10-11-17(12-20(16)27)28-24(31)15-35-26-29-21-7-3-2-6-19(21)25(32)30(26)13-18-14-33-22-8-4-5-9-23(22)34-18/h2-12,18H,13-15H2,1H3,(H,28,31). The molecule has 1 atom stereocenters. The van der Waals surface area contributed by atoms with Crippen LogP contribution in [0.25, 0.3) is 10.9 Å². The van der Waals surface area contributed by atoms with Crippen molar-refractivity contribution >= 4 is 45.9 Å². The summed E-state index contributed by atoms with van der Waals surface area (Å²) in [5, 5.41) is 4.37. The van der Waals surface area contributed by atoms with Gasteiger partial charge in [-0.05, 0) is 48.9 Å². The summed E-state index contributed by atoms with van der Waals surface area (Å²) in [7, 11) is 0. The summed E-state index contributed by atoms with van der Waals surface area (Å²) in [6, 6.07) is 19.9. The normalized spacial score (nSPS) is 14.6. The van der Waals surface area contributed by atoms with E-state index in [9.17, 15) is 9.59 Å². The maximum atomic E-state index is 13.4. The molecule has 0 spiro atoms. The summed E-state index contributed by atoms with van der Waals surface area (Å²) in [4.78, 5) is 30.7. The first-order valence-electron chi connectivity index (χ1n) is 11.0. The molecule has 4 aromatic rings. The quantitative estimate of drug-likeness (QED) is 0.294. The Hall–Kier alpha value is -3.49. The highest BCUT2D eigenvalue weighted by Gasteiger charge is 2.24. The van der Waals surface area contributed by atoms with Crippen LogP contribution in [0.2, 0.25) is 5.02 Å². The largest absolute Gasteiger partial charge is 0.486 e. The van der Waals surface area contributed by atoms with Crippen molar-refractivity contribution in [3.63, 3.8) is 0 Å². The lowest BCUT2D eigenvalue weighted by atomic mass is 10.2. The number of ether oxygens (including phenoxy) is 2. The fourth-order valence-corrected chi connectivity index (χ4v) is 4.76. The molecule has 9 heteroatoms. The van der Waals surface area contributed by atoms with Gasteiger partial charge in [-0.25, -0.2) is 4.98 Å². The van der Waals surface area contributed by atoms with Crippen molar-refractivity contribution < 1.29 is 14.3 Å². The van der Waals surface area contributed by atoms with Crippen LogP contribution < -0.4 is 20.3 Å². The van der Waals surface area contributed by atoms with Crippen LogP contribution in [0, 0.1) is 6.92 Å². The Morgan fingerprint density at radius 3 is 2.74 bits per heavy atom. The zero-order valence-corrected chi connectivity index (χ0v) is 20.4. The van der Waals surface area contributed by atoms with E-state index in [1.54, 1.807) is 34.9 Å². The van der Waals surface area contributed by atoms with Gasteiger partial charge >= 0.3 is 0 Å². The number of benzene rings is 3. The average Bonchev–Trinajstić information content (AvgIpc) is 2.87. The van der Waals surface area contributed by atoms with Crippen LogP contribution in [0.3, 0.4) is 0 Å². The number of aromatic nitrogens is 2. The minimum absolute atomic E-state index is 0.0706. The second kappa shape index (κ2) is 10.0. The van der Waals surface area contributed by atoms with Crippen molar-refractivity contribution in [3.05, 3.63) is 87.7 Å². The van der Waals surface area contributed by atoms with Crippen LogP contribution in [0.4, 0.5) is 5.69 Å². The highest BCUT2D eigenvalue weighted by Crippen LogP contribution is 2.31. The van der Waals surface area contributed by atoms with Gasteiger partial charge in [-0.3, -0.25) is 14.2 Å². The molecule has 178 valence electrons. The number of carbonyl (C=O) groups is 1. The van der Waals surface area contributed by atoms with Gasteiger partial charge in [-0.1, -0.05) is 53.7 Å². The van der Waals surface area contributed by atoms with Gasteiger partial charge in [0.15, 0.2) is 22.8 Å². The third kappa shape index (κ3) is 5.13. The molecule has 0 fully saturated rings. The molecule has 1 unspecified atom stereocenters. The lowest BCUT2D eigenvalue weighted by Crippen LogP contribution is -2.37. The van der Waals surface area contributed by atoms with Gasteiger partial charge in [0.1, 0.15) is 6.61 Å². The van der Waals surface area contributed by atoms with E-state index in [4.69, 9.17) is 21.1 Å². The number of fused-ring (bicyclic) bond motifs is 2. The Morgan fingerprint density at radius 2 is 1.91 bits per heavy atom. The van der Waals surface area contributed by atoms with E-state index in [-0.39, 0.29) is 29.9 Å². The molecule has 0 aliphatic carbocycles. The van der Waals surface area contributed by atoms with E-state index < -0.39 is 0 Å². The Bertz CT molecular complexity index is 1470. The van der Waals surface area contributed by atoms with Crippen LogP contribution in [-0.4, -0.2) is 33.9 Å². The van der Waals surface area contributed by atoms with Crippen molar-refractivity contribution in [1.82, 2.24) is 9.55 Å². The number of rotatable bonds is 6. The Kier molecular flexibility index (Phi) is 6.66. The number of nitrogens with zero attached hydrogens (tertiary/aromatic N) is 2. The molecule has 3 aromatic carbocycles. The number of para-hydroxylation sites is 3. The van der Waals surface area contributed by atoms with E-state index in [0.29, 0.717) is 44.9 Å². The first-order valence-corrected chi connectivity index (χ1v) is 12.4. The number of nitrogens with one attached hydrogen (secondary N) is 1. The van der Waals surface area contributed by atoms with Crippen molar-refractivity contribution in [2.45, 2.75) is 24.7 Å². The van der Waals surface area contributed by atoms with Crippen molar-refractivity contribution in [2.75, 3.05) is 17.7 Å². The van der Waals surface area contributed by atoms with Crippen LogP contribution in [0.15, 0.2) is 76.7 Å². The summed E-state index contributed by atoms with van der Waals surface area (Å²) < 4.78 is 13.4. The minimum atomic E-state index is -0.381. The smallest absolute Gasteiger partial charge is 0.262 e. The third-order valence-corrected chi connectivity index (χ3v) is 6.95. The van der Waals surface area contributed by atoms with Gasteiger partial charge in [0.05, 0.1) is 23.2 Å². The monoisotopic (exact) mass is 507 g/mol. The van der Waals surface area contributed by atoms with Crippen LogP contribution in [-0.2, 0) is 11.3 Å². The number of halogens is 1. The highest BCUT2D eigenvalue weighted by atomic mass is 35.5. The van der Waals surface area contributed by atoms with E-state index in [2.05, 4.69) is 10.3 Å². The van der Waals surface area contributed by atoms with Gasteiger partial charge in [0, 0.05) is 10.7 Å². The van der Waals surface area contributed by atoms with Gasteiger partial charge in [-0.2, -0.15) is 0 Å². The molecule has 35 heavy (non-hydrogen) atoms. The molecule has 1 aromatic heterocycles. The molecular formula is C26H22ClN3O4S. The van der Waals surface area contributed by atoms with Gasteiger partial charge in [-0.15, -0.1) is 0 Å². The molecule has 0 saturated carbocycles. The summed E-state index contributed by atoms with van der Waals surface area (Å²) in [5.74, 6) is 1.15. The molecule has 7 nitrogen and oxygen atoms in total. The molecule has 2 heterocycles. The summed E-state index contributed by atoms with van der Waals surface area (Å²) in [6.07, 6.45) is -0.381. The second-order valence-corrected chi connectivity index (χ2v) is 9.48. The molecule has 1 N–H and O–H groups in total. The van der Waals surface area contributed by atoms with E-state index in [1.165, 1.54) is 11.8 Å². The molecule has 0 bridgehead atoms. The zero-order chi connectivity index (χ0) is 24.4. The van der Waals surface area contributed by atoms with Crippen LogP contribution >= 0.6 is 23.4 Å². The Labute approximate surface area is 211 Å². The molecule has 5 rings (SSSR count). The Morgan fingerprint density at radius 1 is 1.14 bits per heavy atom. The number of carbonyl (C=O) groups excluding carboxylic acids is 1. The Balaban J connectivity index is 1.38. The number of aryl methyl sites for hydroxylation is 1. The number of hydrogen-bond acceptors (Lipinski definition) is 6. The number of anilines is 1. The lowest BCUT2D eigenvalue weighted by molar-refractivity contribution is -0.113. The number of hydrogen-bond donors (Lipinski definition) is 1. The van der Waals surface area contributed by atoms with Gasteiger partial charge in [0.2, 0.25) is 5.91 Å². The second-order valence-electron chi connectivity index (χ2n) is 8.13. The molecular weight excluding hydrogens is 486 g/mol. The third-order valence-electron chi connectivity index (χ3n) is 5.57. The van der Waals surface area contributed by atoms with Crippen molar-refractivity contribution in [1.29, 1.82) is 0 Å². The number of amides is 1. The average molecular weight is 508 g/mol. The van der Waals surface area contributed by atoms with E-state index in [1.807, 2.05) is 43.3 Å². The predicted molar refractivity (Wildman–Crippen MR) is 138 cm³/mol. The first-order chi connectivity index (χ1) is 17.0. The van der Waals surface area contributed by atoms with Crippen molar-refractivity contribution in [3.8, 4) is 11.5 Å². The number of thioether (sulfide) groups is 1. The topological polar surface area (TPSA) is 82.5 Å². The van der Waals surface area contributed by atoms with Crippen LogP contribution in [0.5, 0.6) is 11.5 Å². The maximum Gasteiger partial charge on any atom is 0.262 e. The lowest BCUT2D eigenvalue weighted by Gasteiger charge is -2.27. The summed E-state index contributed by atoms with van der Waals surface area (Å²) in [5.41, 5.74) is 1.93. The molecule has 0 saturated heterocycles. The molecule has 1 aliphatic heterocycles. The molecule has 1 amide bonds. The maximum absolute atomic E-state index is 13.4.